The number of anilines is 1. The van der Waals surface area contributed by atoms with E-state index in [-0.39, 0.29) is 30.2 Å². The van der Waals surface area contributed by atoms with Crippen molar-refractivity contribution >= 4 is 34.2 Å². The lowest BCUT2D eigenvalue weighted by atomic mass is 10.1. The van der Waals surface area contributed by atoms with E-state index < -0.39 is 6.04 Å². The van der Waals surface area contributed by atoms with E-state index in [0.29, 0.717) is 25.1 Å². The van der Waals surface area contributed by atoms with E-state index in [0.717, 1.165) is 34.0 Å². The third-order valence-electron chi connectivity index (χ3n) is 7.19. The first-order chi connectivity index (χ1) is 17.3. The molecule has 6 nitrogen and oxygen atoms in total. The quantitative estimate of drug-likeness (QED) is 0.428. The fourth-order valence-electron chi connectivity index (χ4n) is 4.75. The number of rotatable bonds is 10. The Morgan fingerprint density at radius 1 is 1.00 bits per heavy atom. The molecule has 2 atom stereocenters. The molecule has 3 aromatic carbocycles. The largest absolute Gasteiger partial charge is 0.352 e. The Labute approximate surface area is 213 Å². The van der Waals surface area contributed by atoms with Gasteiger partial charge in [-0.05, 0) is 62.3 Å². The van der Waals surface area contributed by atoms with Crippen LogP contribution in [0.3, 0.4) is 0 Å². The van der Waals surface area contributed by atoms with Crippen LogP contribution in [0.25, 0.3) is 10.8 Å². The summed E-state index contributed by atoms with van der Waals surface area (Å²) >= 11 is 0. The lowest BCUT2D eigenvalue weighted by Gasteiger charge is -2.30. The minimum Gasteiger partial charge on any atom is -0.352 e. The van der Waals surface area contributed by atoms with Crippen molar-refractivity contribution in [2.75, 3.05) is 11.4 Å². The average Bonchev–Trinajstić information content (AvgIpc) is 3.15. The molecular weight excluding hydrogens is 450 g/mol. The van der Waals surface area contributed by atoms with E-state index >= 15 is 0 Å². The molecule has 0 spiro atoms. The molecule has 1 aliphatic rings. The van der Waals surface area contributed by atoms with E-state index in [9.17, 15) is 14.4 Å². The Bertz CT molecular complexity index is 1280. The molecule has 0 fully saturated rings. The Morgan fingerprint density at radius 3 is 2.44 bits per heavy atom. The molecule has 0 aromatic heterocycles. The van der Waals surface area contributed by atoms with Gasteiger partial charge in [-0.15, -0.1) is 0 Å². The molecule has 0 saturated carbocycles. The fraction of sp³-hybridized carbons (Fsp3) is 0.367. The van der Waals surface area contributed by atoms with E-state index in [4.69, 9.17) is 0 Å². The number of carbonyl (C=O) groups excluding carboxylic acids is 3. The third kappa shape index (κ3) is 5.13. The van der Waals surface area contributed by atoms with Gasteiger partial charge in [0.25, 0.3) is 5.91 Å². The van der Waals surface area contributed by atoms with Crippen LogP contribution in [0.15, 0.2) is 60.7 Å². The van der Waals surface area contributed by atoms with Gasteiger partial charge >= 0.3 is 0 Å². The smallest absolute Gasteiger partial charge is 0.258 e. The molecule has 1 N–H and O–H groups in total. The maximum atomic E-state index is 13.5. The average molecular weight is 486 g/mol. The van der Waals surface area contributed by atoms with Crippen LogP contribution in [0.4, 0.5) is 5.69 Å². The number of benzene rings is 3. The van der Waals surface area contributed by atoms with Gasteiger partial charge in [-0.25, -0.2) is 0 Å². The zero-order chi connectivity index (χ0) is 25.8. The Morgan fingerprint density at radius 2 is 1.72 bits per heavy atom. The predicted molar refractivity (Wildman–Crippen MR) is 144 cm³/mol. The summed E-state index contributed by atoms with van der Waals surface area (Å²) in [6.45, 7) is 8.60. The summed E-state index contributed by atoms with van der Waals surface area (Å²) in [5.41, 5.74) is 3.72. The van der Waals surface area contributed by atoms with Gasteiger partial charge in [0.1, 0.15) is 6.04 Å². The second kappa shape index (κ2) is 10.9. The molecule has 1 heterocycles. The number of amides is 3. The molecule has 0 radical (unpaired) electrons. The van der Waals surface area contributed by atoms with Gasteiger partial charge in [-0.3, -0.25) is 14.4 Å². The zero-order valence-corrected chi connectivity index (χ0v) is 21.6. The van der Waals surface area contributed by atoms with Gasteiger partial charge in [0.15, 0.2) is 0 Å². The first-order valence-corrected chi connectivity index (χ1v) is 12.8. The summed E-state index contributed by atoms with van der Waals surface area (Å²) in [5, 5.41) is 5.03. The molecule has 1 aliphatic heterocycles. The van der Waals surface area contributed by atoms with Crippen LogP contribution in [0, 0.1) is 6.92 Å². The van der Waals surface area contributed by atoms with Crippen LogP contribution in [-0.2, 0) is 16.1 Å². The highest BCUT2D eigenvalue weighted by Gasteiger charge is 2.30. The molecule has 3 aromatic rings. The number of aryl methyl sites for hydroxylation is 1. The minimum absolute atomic E-state index is 0.0210. The van der Waals surface area contributed by atoms with Gasteiger partial charge in [0.2, 0.25) is 11.8 Å². The summed E-state index contributed by atoms with van der Waals surface area (Å²) < 4.78 is 0. The molecule has 4 rings (SSSR count). The molecular formula is C30H35N3O3. The van der Waals surface area contributed by atoms with Crippen LogP contribution in [0.2, 0.25) is 0 Å². The Balaban J connectivity index is 1.47. The highest BCUT2D eigenvalue weighted by molar-refractivity contribution is 6.25. The highest BCUT2D eigenvalue weighted by atomic mass is 16.2. The molecule has 0 aliphatic carbocycles. The predicted octanol–water partition coefficient (Wildman–Crippen LogP) is 5.22. The normalized spacial score (nSPS) is 14.1. The second-order valence-corrected chi connectivity index (χ2v) is 9.68. The fourth-order valence-corrected chi connectivity index (χ4v) is 4.75. The first-order valence-electron chi connectivity index (χ1n) is 12.8. The van der Waals surface area contributed by atoms with Crippen LogP contribution < -0.4 is 10.2 Å². The molecule has 0 saturated heterocycles. The zero-order valence-electron chi connectivity index (χ0n) is 21.6. The van der Waals surface area contributed by atoms with Crippen molar-refractivity contribution in [2.24, 2.45) is 0 Å². The molecule has 0 unspecified atom stereocenters. The van der Waals surface area contributed by atoms with Crippen molar-refractivity contribution in [3.8, 4) is 0 Å². The van der Waals surface area contributed by atoms with E-state index in [2.05, 4.69) is 5.32 Å². The van der Waals surface area contributed by atoms with Crippen LogP contribution in [0.5, 0.6) is 0 Å². The SMILES string of the molecule is CC[C@@H](C)NC(=O)[C@@H](C)N(Cc1ccccc1C)C(=O)CCCN1C(=O)c2cccc3cccc1c23. The number of hydrogen-bond donors (Lipinski definition) is 1. The van der Waals surface area contributed by atoms with Crippen LogP contribution in [0.1, 0.15) is 61.5 Å². The molecule has 0 bridgehead atoms. The number of hydrogen-bond acceptors (Lipinski definition) is 3. The van der Waals surface area contributed by atoms with E-state index in [1.807, 2.05) is 81.4 Å². The van der Waals surface area contributed by atoms with Crippen molar-refractivity contribution in [1.82, 2.24) is 10.2 Å². The van der Waals surface area contributed by atoms with Gasteiger partial charge < -0.3 is 15.1 Å². The highest BCUT2D eigenvalue weighted by Crippen LogP contribution is 2.37. The molecule has 6 heteroatoms. The van der Waals surface area contributed by atoms with Crippen molar-refractivity contribution in [2.45, 2.75) is 65.6 Å². The molecule has 36 heavy (non-hydrogen) atoms. The summed E-state index contributed by atoms with van der Waals surface area (Å²) in [6, 6.07) is 19.1. The molecule has 3 amide bonds. The van der Waals surface area contributed by atoms with Crippen molar-refractivity contribution in [1.29, 1.82) is 0 Å². The van der Waals surface area contributed by atoms with Crippen molar-refractivity contribution < 1.29 is 14.4 Å². The Hall–Kier alpha value is -3.67. The maximum absolute atomic E-state index is 13.5. The van der Waals surface area contributed by atoms with Crippen LogP contribution in [-0.4, -0.2) is 41.2 Å². The third-order valence-corrected chi connectivity index (χ3v) is 7.19. The molecule has 188 valence electrons. The van der Waals surface area contributed by atoms with Gasteiger partial charge in [-0.1, -0.05) is 55.5 Å². The van der Waals surface area contributed by atoms with E-state index in [1.54, 1.807) is 16.7 Å². The van der Waals surface area contributed by atoms with Gasteiger partial charge in [-0.2, -0.15) is 0 Å². The number of carbonyl (C=O) groups is 3. The second-order valence-electron chi connectivity index (χ2n) is 9.68. The first kappa shape index (κ1) is 25.4. The summed E-state index contributed by atoms with van der Waals surface area (Å²) in [6.07, 6.45) is 1.59. The standard InChI is InChI=1S/C30H35N3O3/c1-5-21(3)31-29(35)22(4)33(19-24-12-7-6-11-20(24)2)27(34)17-10-18-32-26-16-9-14-23-13-8-15-25(28(23)26)30(32)36/h6-9,11-16,21-22H,5,10,17-19H2,1-4H3,(H,31,35)/t21-,22-/m1/s1. The van der Waals surface area contributed by atoms with Crippen molar-refractivity contribution in [3.63, 3.8) is 0 Å². The number of nitrogens with one attached hydrogen (secondary N) is 1. The maximum Gasteiger partial charge on any atom is 0.258 e. The summed E-state index contributed by atoms with van der Waals surface area (Å²) in [7, 11) is 0. The van der Waals surface area contributed by atoms with Crippen LogP contribution >= 0.6 is 0 Å². The minimum atomic E-state index is -0.600. The lowest BCUT2D eigenvalue weighted by Crippen LogP contribution is -2.49. The van der Waals surface area contributed by atoms with E-state index in [1.165, 1.54) is 0 Å². The Kier molecular flexibility index (Phi) is 7.73. The van der Waals surface area contributed by atoms with Gasteiger partial charge in [0, 0.05) is 36.5 Å². The van der Waals surface area contributed by atoms with Gasteiger partial charge in [0.05, 0.1) is 5.69 Å². The van der Waals surface area contributed by atoms with Crippen molar-refractivity contribution in [3.05, 3.63) is 77.4 Å². The number of nitrogens with zero attached hydrogens (tertiary/aromatic N) is 2. The summed E-state index contributed by atoms with van der Waals surface area (Å²) in [5.74, 6) is -0.261. The topological polar surface area (TPSA) is 69.7 Å². The monoisotopic (exact) mass is 485 g/mol. The summed E-state index contributed by atoms with van der Waals surface area (Å²) in [4.78, 5) is 42.9. The lowest BCUT2D eigenvalue weighted by molar-refractivity contribution is -0.140.